The largest absolute Gasteiger partial charge is 0.487 e. The maximum Gasteiger partial charge on any atom is 0.180 e. The molecule has 0 fully saturated rings. The summed E-state index contributed by atoms with van der Waals surface area (Å²) in [5, 5.41) is 2.51. The zero-order valence-corrected chi connectivity index (χ0v) is 10.8. The first-order valence-electron chi connectivity index (χ1n) is 5.58. The SMILES string of the molecule is CC(C)c1ccccc1OCc1csc(N)n1. The molecular weight excluding hydrogens is 232 g/mol. The Morgan fingerprint density at radius 1 is 1.35 bits per heavy atom. The molecule has 2 rings (SSSR count). The van der Waals surface area contributed by atoms with E-state index in [4.69, 9.17) is 10.5 Å². The average Bonchev–Trinajstić information content (AvgIpc) is 2.73. The lowest BCUT2D eigenvalue weighted by Crippen LogP contribution is -2.00. The summed E-state index contributed by atoms with van der Waals surface area (Å²) in [5.74, 6) is 1.38. The minimum atomic E-state index is 0.451. The molecule has 90 valence electrons. The topological polar surface area (TPSA) is 48.1 Å². The summed E-state index contributed by atoms with van der Waals surface area (Å²) in [4.78, 5) is 4.17. The summed E-state index contributed by atoms with van der Waals surface area (Å²) in [6.45, 7) is 4.78. The summed E-state index contributed by atoms with van der Waals surface area (Å²) in [6.07, 6.45) is 0. The van der Waals surface area contributed by atoms with Crippen molar-refractivity contribution in [2.75, 3.05) is 5.73 Å². The van der Waals surface area contributed by atoms with Crippen LogP contribution in [0.4, 0.5) is 5.13 Å². The van der Waals surface area contributed by atoms with Crippen molar-refractivity contribution in [2.24, 2.45) is 0 Å². The number of ether oxygens (including phenoxy) is 1. The second kappa shape index (κ2) is 5.19. The van der Waals surface area contributed by atoms with Crippen LogP contribution in [0, 0.1) is 0 Å². The molecule has 0 saturated carbocycles. The first-order valence-corrected chi connectivity index (χ1v) is 6.46. The van der Waals surface area contributed by atoms with Crippen molar-refractivity contribution >= 4 is 16.5 Å². The molecule has 0 amide bonds. The van der Waals surface area contributed by atoms with Gasteiger partial charge in [0, 0.05) is 5.38 Å². The zero-order chi connectivity index (χ0) is 12.3. The summed E-state index contributed by atoms with van der Waals surface area (Å²) >= 11 is 1.44. The van der Waals surface area contributed by atoms with Crippen LogP contribution in [0.3, 0.4) is 0 Å². The molecule has 4 heteroatoms. The minimum Gasteiger partial charge on any atom is -0.487 e. The van der Waals surface area contributed by atoms with Crippen molar-refractivity contribution < 1.29 is 4.74 Å². The van der Waals surface area contributed by atoms with E-state index in [0.717, 1.165) is 11.4 Å². The molecule has 0 atom stereocenters. The standard InChI is InChI=1S/C13H16N2OS/c1-9(2)11-5-3-4-6-12(11)16-7-10-8-17-13(14)15-10/h3-6,8-9H,7H2,1-2H3,(H2,14,15). The Hall–Kier alpha value is -1.55. The summed E-state index contributed by atoms with van der Waals surface area (Å²) in [6, 6.07) is 8.10. The Morgan fingerprint density at radius 3 is 2.76 bits per heavy atom. The highest BCUT2D eigenvalue weighted by atomic mass is 32.1. The molecule has 0 aliphatic carbocycles. The van der Waals surface area contributed by atoms with Crippen LogP contribution in [0.15, 0.2) is 29.6 Å². The number of para-hydroxylation sites is 1. The quantitative estimate of drug-likeness (QED) is 0.901. The van der Waals surface area contributed by atoms with Gasteiger partial charge in [0.25, 0.3) is 0 Å². The summed E-state index contributed by atoms with van der Waals surface area (Å²) < 4.78 is 5.79. The first-order chi connectivity index (χ1) is 8.16. The number of nitrogens with zero attached hydrogens (tertiary/aromatic N) is 1. The van der Waals surface area contributed by atoms with Crippen LogP contribution >= 0.6 is 11.3 Å². The number of benzene rings is 1. The van der Waals surface area contributed by atoms with E-state index in [2.05, 4.69) is 24.9 Å². The fraction of sp³-hybridized carbons (Fsp3) is 0.308. The van der Waals surface area contributed by atoms with Gasteiger partial charge in [0.2, 0.25) is 0 Å². The molecule has 0 bridgehead atoms. The van der Waals surface area contributed by atoms with E-state index in [9.17, 15) is 0 Å². The zero-order valence-electron chi connectivity index (χ0n) is 10.0. The van der Waals surface area contributed by atoms with E-state index >= 15 is 0 Å². The maximum absolute atomic E-state index is 5.79. The van der Waals surface area contributed by atoms with E-state index in [-0.39, 0.29) is 0 Å². The van der Waals surface area contributed by atoms with Gasteiger partial charge in [0.05, 0.1) is 5.69 Å². The third-order valence-electron chi connectivity index (χ3n) is 2.49. The smallest absolute Gasteiger partial charge is 0.180 e. The summed E-state index contributed by atoms with van der Waals surface area (Å²) in [7, 11) is 0. The van der Waals surface area contributed by atoms with Gasteiger partial charge in [0.15, 0.2) is 5.13 Å². The number of aromatic nitrogens is 1. The van der Waals surface area contributed by atoms with E-state index in [1.54, 1.807) is 0 Å². The number of thiazole rings is 1. The number of hydrogen-bond acceptors (Lipinski definition) is 4. The van der Waals surface area contributed by atoms with E-state index in [1.807, 2.05) is 23.6 Å². The lowest BCUT2D eigenvalue weighted by Gasteiger charge is -2.12. The third kappa shape index (κ3) is 2.97. The predicted octanol–water partition coefficient (Wildman–Crippen LogP) is 3.43. The van der Waals surface area contributed by atoms with Crippen molar-refractivity contribution in [1.82, 2.24) is 4.98 Å². The van der Waals surface area contributed by atoms with Crippen LogP contribution in [0.2, 0.25) is 0 Å². The normalized spacial score (nSPS) is 10.8. The van der Waals surface area contributed by atoms with Crippen LogP contribution in [0.1, 0.15) is 31.0 Å². The molecule has 0 saturated heterocycles. The molecule has 2 N–H and O–H groups in total. The van der Waals surface area contributed by atoms with Crippen molar-refractivity contribution in [1.29, 1.82) is 0 Å². The van der Waals surface area contributed by atoms with Gasteiger partial charge in [-0.25, -0.2) is 4.98 Å². The Balaban J connectivity index is 2.08. The molecular formula is C13H16N2OS. The lowest BCUT2D eigenvalue weighted by molar-refractivity contribution is 0.298. The van der Waals surface area contributed by atoms with E-state index < -0.39 is 0 Å². The molecule has 3 nitrogen and oxygen atoms in total. The highest BCUT2D eigenvalue weighted by Gasteiger charge is 2.07. The van der Waals surface area contributed by atoms with Crippen LogP contribution in [-0.4, -0.2) is 4.98 Å². The fourth-order valence-corrected chi connectivity index (χ4v) is 2.18. The molecule has 0 radical (unpaired) electrons. The van der Waals surface area contributed by atoms with Crippen LogP contribution < -0.4 is 10.5 Å². The van der Waals surface area contributed by atoms with Gasteiger partial charge in [-0.3, -0.25) is 0 Å². The molecule has 0 unspecified atom stereocenters. The molecule has 0 spiro atoms. The minimum absolute atomic E-state index is 0.451. The Morgan fingerprint density at radius 2 is 2.12 bits per heavy atom. The number of hydrogen-bond donors (Lipinski definition) is 1. The number of nitrogen functional groups attached to an aromatic ring is 1. The lowest BCUT2D eigenvalue weighted by atomic mass is 10.0. The number of anilines is 1. The van der Waals surface area contributed by atoms with Gasteiger partial charge in [-0.1, -0.05) is 32.0 Å². The van der Waals surface area contributed by atoms with Gasteiger partial charge >= 0.3 is 0 Å². The van der Waals surface area contributed by atoms with Crippen LogP contribution in [0.5, 0.6) is 5.75 Å². The first kappa shape index (κ1) is 11.9. The highest BCUT2D eigenvalue weighted by Crippen LogP contribution is 2.26. The third-order valence-corrected chi connectivity index (χ3v) is 3.21. The second-order valence-corrected chi connectivity index (χ2v) is 5.05. The van der Waals surface area contributed by atoms with E-state index in [1.165, 1.54) is 16.9 Å². The van der Waals surface area contributed by atoms with Gasteiger partial charge in [-0.05, 0) is 17.5 Å². The maximum atomic E-state index is 5.79. The van der Waals surface area contributed by atoms with Crippen molar-refractivity contribution in [3.63, 3.8) is 0 Å². The average molecular weight is 248 g/mol. The Bertz CT molecular complexity index is 494. The van der Waals surface area contributed by atoms with Crippen LogP contribution in [-0.2, 0) is 6.61 Å². The molecule has 1 heterocycles. The van der Waals surface area contributed by atoms with Crippen molar-refractivity contribution in [3.05, 3.63) is 40.9 Å². The summed E-state index contributed by atoms with van der Waals surface area (Å²) in [5.41, 5.74) is 7.68. The van der Waals surface area contributed by atoms with Crippen molar-refractivity contribution in [3.8, 4) is 5.75 Å². The monoisotopic (exact) mass is 248 g/mol. The molecule has 2 aromatic rings. The van der Waals surface area contributed by atoms with E-state index in [0.29, 0.717) is 17.7 Å². The Labute approximate surface area is 105 Å². The molecule has 17 heavy (non-hydrogen) atoms. The second-order valence-electron chi connectivity index (χ2n) is 4.16. The molecule has 1 aromatic carbocycles. The van der Waals surface area contributed by atoms with Crippen molar-refractivity contribution in [2.45, 2.75) is 26.4 Å². The Kier molecular flexibility index (Phi) is 3.64. The molecule has 0 aliphatic rings. The highest BCUT2D eigenvalue weighted by molar-refractivity contribution is 7.13. The van der Waals surface area contributed by atoms with Gasteiger partial charge in [-0.2, -0.15) is 0 Å². The van der Waals surface area contributed by atoms with Crippen LogP contribution in [0.25, 0.3) is 0 Å². The molecule has 0 aliphatic heterocycles. The van der Waals surface area contributed by atoms with Gasteiger partial charge in [-0.15, -0.1) is 11.3 Å². The number of rotatable bonds is 4. The van der Waals surface area contributed by atoms with Gasteiger partial charge < -0.3 is 10.5 Å². The molecule has 1 aromatic heterocycles. The van der Waals surface area contributed by atoms with Gasteiger partial charge in [0.1, 0.15) is 12.4 Å². The fourth-order valence-electron chi connectivity index (χ4n) is 1.63. The number of nitrogens with two attached hydrogens (primary N) is 1. The predicted molar refractivity (Wildman–Crippen MR) is 71.4 cm³/mol.